The third-order valence-electron chi connectivity index (χ3n) is 7.61. The van der Waals surface area contributed by atoms with Crippen molar-refractivity contribution in [3.05, 3.63) is 99.0 Å². The molecule has 0 aliphatic heterocycles. The summed E-state index contributed by atoms with van der Waals surface area (Å²) < 4.78 is 27.9. The van der Waals surface area contributed by atoms with E-state index in [9.17, 15) is 18.0 Å². The monoisotopic (exact) mass is 673 g/mol. The topological polar surface area (TPSA) is 86.8 Å². The van der Waals surface area contributed by atoms with E-state index in [-0.39, 0.29) is 30.6 Å². The number of amides is 2. The van der Waals surface area contributed by atoms with E-state index in [1.807, 2.05) is 61.5 Å². The van der Waals surface area contributed by atoms with Gasteiger partial charge in [0.1, 0.15) is 12.6 Å². The van der Waals surface area contributed by atoms with Crippen LogP contribution in [-0.2, 0) is 32.6 Å². The number of carbonyl (C=O) groups is 2. The Labute approximate surface area is 262 Å². The number of sulfonamides is 1. The molecule has 2 amide bonds. The smallest absolute Gasteiger partial charge is 0.244 e. The molecule has 3 aromatic carbocycles. The molecule has 224 valence electrons. The predicted octanol–water partition coefficient (Wildman–Crippen LogP) is 6.27. The van der Waals surface area contributed by atoms with Crippen LogP contribution in [0.2, 0.25) is 5.02 Å². The van der Waals surface area contributed by atoms with E-state index < -0.39 is 28.5 Å². The Kier molecular flexibility index (Phi) is 11.1. The van der Waals surface area contributed by atoms with Crippen molar-refractivity contribution in [1.82, 2.24) is 10.2 Å². The van der Waals surface area contributed by atoms with E-state index >= 15 is 0 Å². The third kappa shape index (κ3) is 8.82. The van der Waals surface area contributed by atoms with E-state index in [4.69, 9.17) is 11.6 Å². The highest BCUT2D eigenvalue weighted by molar-refractivity contribution is 9.10. The zero-order valence-electron chi connectivity index (χ0n) is 23.9. The Morgan fingerprint density at radius 1 is 0.976 bits per heavy atom. The third-order valence-corrected chi connectivity index (χ3v) is 9.69. The van der Waals surface area contributed by atoms with E-state index in [1.165, 1.54) is 4.90 Å². The molecule has 42 heavy (non-hydrogen) atoms. The molecule has 0 saturated heterocycles. The first kappa shape index (κ1) is 32.0. The van der Waals surface area contributed by atoms with Gasteiger partial charge in [-0.15, -0.1) is 0 Å². The van der Waals surface area contributed by atoms with Gasteiger partial charge >= 0.3 is 0 Å². The van der Waals surface area contributed by atoms with Gasteiger partial charge in [-0.2, -0.15) is 0 Å². The average Bonchev–Trinajstić information content (AvgIpc) is 2.96. The Balaban J connectivity index is 1.72. The quantitative estimate of drug-likeness (QED) is 0.260. The summed E-state index contributed by atoms with van der Waals surface area (Å²) in [6, 6.07) is 21.2. The van der Waals surface area contributed by atoms with Crippen LogP contribution >= 0.6 is 27.5 Å². The average molecular weight is 675 g/mol. The molecule has 0 radical (unpaired) electrons. The zero-order valence-corrected chi connectivity index (χ0v) is 27.1. The number of anilines is 1. The Bertz CT molecular complexity index is 1480. The molecular formula is C32H37BrClN3O4S. The first-order chi connectivity index (χ1) is 20.0. The maximum Gasteiger partial charge on any atom is 0.244 e. The van der Waals surface area contributed by atoms with Gasteiger partial charge in [0, 0.05) is 28.5 Å². The number of aryl methyl sites for hydroxylation is 1. The van der Waals surface area contributed by atoms with Gasteiger partial charge in [-0.05, 0) is 60.7 Å². The second kappa shape index (κ2) is 14.5. The minimum absolute atomic E-state index is 0.0522. The van der Waals surface area contributed by atoms with Gasteiger partial charge in [-0.25, -0.2) is 8.42 Å². The van der Waals surface area contributed by atoms with Crippen LogP contribution in [0, 0.1) is 6.92 Å². The van der Waals surface area contributed by atoms with Gasteiger partial charge in [0.2, 0.25) is 21.8 Å². The molecule has 1 atom stereocenters. The minimum atomic E-state index is -3.86. The first-order valence-corrected chi connectivity index (χ1v) is 17.2. The van der Waals surface area contributed by atoms with Crippen LogP contribution in [0.1, 0.15) is 48.8 Å². The van der Waals surface area contributed by atoms with Gasteiger partial charge in [0.05, 0.1) is 11.9 Å². The zero-order chi connectivity index (χ0) is 30.3. The summed E-state index contributed by atoms with van der Waals surface area (Å²) in [4.78, 5) is 29.7. The second-order valence-corrected chi connectivity index (χ2v) is 14.1. The summed E-state index contributed by atoms with van der Waals surface area (Å²) in [5.41, 5.74) is 2.80. The molecule has 0 heterocycles. The lowest BCUT2D eigenvalue weighted by Crippen LogP contribution is -2.55. The first-order valence-electron chi connectivity index (χ1n) is 14.1. The molecule has 1 aliphatic carbocycles. The van der Waals surface area contributed by atoms with Crippen molar-refractivity contribution < 1.29 is 18.0 Å². The highest BCUT2D eigenvalue weighted by atomic mass is 79.9. The number of nitrogens with one attached hydrogen (secondary N) is 1. The molecular weight excluding hydrogens is 638 g/mol. The number of rotatable bonds is 11. The number of nitrogens with zero attached hydrogens (tertiary/aromatic N) is 2. The summed E-state index contributed by atoms with van der Waals surface area (Å²) in [7, 11) is -3.86. The molecule has 1 aliphatic rings. The van der Waals surface area contributed by atoms with Gasteiger partial charge in [-0.1, -0.05) is 95.3 Å². The van der Waals surface area contributed by atoms with E-state index in [0.29, 0.717) is 5.02 Å². The Morgan fingerprint density at radius 2 is 1.64 bits per heavy atom. The normalized spacial score (nSPS) is 14.7. The van der Waals surface area contributed by atoms with Gasteiger partial charge in [-0.3, -0.25) is 13.9 Å². The van der Waals surface area contributed by atoms with Crippen molar-refractivity contribution in [3.8, 4) is 0 Å². The Morgan fingerprint density at radius 3 is 2.26 bits per heavy atom. The summed E-state index contributed by atoms with van der Waals surface area (Å²) in [6.07, 6.45) is 6.41. The highest BCUT2D eigenvalue weighted by Crippen LogP contribution is 2.26. The lowest BCUT2D eigenvalue weighted by molar-refractivity contribution is -0.140. The maximum absolute atomic E-state index is 14.2. The molecule has 7 nitrogen and oxygen atoms in total. The molecule has 10 heteroatoms. The fraction of sp³-hybridized carbons (Fsp3) is 0.375. The Hall–Kier alpha value is -2.88. The largest absolute Gasteiger partial charge is 0.352 e. The van der Waals surface area contributed by atoms with E-state index in [1.54, 1.807) is 18.2 Å². The highest BCUT2D eigenvalue weighted by Gasteiger charge is 2.34. The number of hydrogen-bond acceptors (Lipinski definition) is 4. The SMILES string of the molecule is Cc1ccc(N(CC(=O)N(Cc2ccc(Br)cc2)[C@@H](Cc2ccccc2)C(=O)NC2CCCCC2)S(C)(=O)=O)cc1Cl. The van der Waals surface area contributed by atoms with Gasteiger partial charge < -0.3 is 10.2 Å². The summed E-state index contributed by atoms with van der Waals surface area (Å²) >= 11 is 9.78. The van der Waals surface area contributed by atoms with Crippen molar-refractivity contribution in [1.29, 1.82) is 0 Å². The molecule has 0 aromatic heterocycles. The fourth-order valence-electron chi connectivity index (χ4n) is 5.24. The van der Waals surface area contributed by atoms with Crippen molar-refractivity contribution in [2.75, 3.05) is 17.1 Å². The molecule has 3 aromatic rings. The lowest BCUT2D eigenvalue weighted by atomic mass is 9.94. The van der Waals surface area contributed by atoms with Crippen LogP contribution in [0.25, 0.3) is 0 Å². The minimum Gasteiger partial charge on any atom is -0.352 e. The van der Waals surface area contributed by atoms with Crippen LogP contribution in [-0.4, -0.2) is 50.0 Å². The van der Waals surface area contributed by atoms with Crippen LogP contribution in [0.5, 0.6) is 0 Å². The summed E-state index contributed by atoms with van der Waals surface area (Å²) in [5, 5.41) is 3.61. The lowest BCUT2D eigenvalue weighted by Gasteiger charge is -2.35. The standard InChI is InChI=1S/C32H37BrClN3O4S/c1-23-13-18-28(20-29(23)34)37(42(2,40)41)22-31(38)36(21-25-14-16-26(33)17-15-25)30(19-24-9-5-3-6-10-24)32(39)35-27-11-7-4-8-12-27/h3,5-6,9-10,13-18,20,27,30H,4,7-8,11-12,19,21-22H2,1-2H3,(H,35,39)/t30-/m0/s1. The van der Waals surface area contributed by atoms with Gasteiger partial charge in [0.25, 0.3) is 0 Å². The van der Waals surface area contributed by atoms with Crippen molar-refractivity contribution in [2.45, 2.75) is 64.1 Å². The van der Waals surface area contributed by atoms with Crippen LogP contribution in [0.3, 0.4) is 0 Å². The fourth-order valence-corrected chi connectivity index (χ4v) is 6.52. The number of halogens is 2. The molecule has 0 unspecified atom stereocenters. The molecule has 1 saturated carbocycles. The van der Waals surface area contributed by atoms with Crippen molar-refractivity contribution in [2.24, 2.45) is 0 Å². The maximum atomic E-state index is 14.2. The summed E-state index contributed by atoms with van der Waals surface area (Å²) in [5.74, 6) is -0.722. The molecule has 4 rings (SSSR count). The molecule has 0 spiro atoms. The van der Waals surface area contributed by atoms with Crippen molar-refractivity contribution in [3.63, 3.8) is 0 Å². The van der Waals surface area contributed by atoms with Crippen molar-refractivity contribution >= 4 is 55.1 Å². The number of carbonyl (C=O) groups excluding carboxylic acids is 2. The molecule has 1 N–H and O–H groups in total. The van der Waals surface area contributed by atoms with E-state index in [0.717, 1.165) is 63.8 Å². The van der Waals surface area contributed by atoms with Crippen LogP contribution < -0.4 is 9.62 Å². The summed E-state index contributed by atoms with van der Waals surface area (Å²) in [6.45, 7) is 1.48. The number of benzene rings is 3. The molecule has 0 bridgehead atoms. The van der Waals surface area contributed by atoms with Gasteiger partial charge in [0.15, 0.2) is 0 Å². The predicted molar refractivity (Wildman–Crippen MR) is 172 cm³/mol. The second-order valence-electron chi connectivity index (χ2n) is 10.9. The van der Waals surface area contributed by atoms with Crippen LogP contribution in [0.15, 0.2) is 77.3 Å². The molecule has 1 fully saturated rings. The van der Waals surface area contributed by atoms with Crippen LogP contribution in [0.4, 0.5) is 5.69 Å². The number of hydrogen-bond donors (Lipinski definition) is 1. The van der Waals surface area contributed by atoms with E-state index in [2.05, 4.69) is 21.2 Å².